The van der Waals surface area contributed by atoms with E-state index in [9.17, 15) is 31.1 Å². The van der Waals surface area contributed by atoms with E-state index < -0.39 is 30.6 Å². The van der Waals surface area contributed by atoms with E-state index in [4.69, 9.17) is 0 Å². The first-order valence-electron chi connectivity index (χ1n) is 9.34. The number of ether oxygens (including phenoxy) is 1. The molecule has 0 fully saturated rings. The molecule has 0 radical (unpaired) electrons. The zero-order chi connectivity index (χ0) is 23.8. The van der Waals surface area contributed by atoms with Gasteiger partial charge in [0.1, 0.15) is 6.61 Å². The van der Waals surface area contributed by atoms with Gasteiger partial charge in [-0.2, -0.15) is 18.3 Å². The third-order valence-electron chi connectivity index (χ3n) is 4.70. The minimum absolute atomic E-state index is 0.262. The number of carbonyl (C=O) groups excluding carboxylic acids is 1. The van der Waals surface area contributed by atoms with Gasteiger partial charge in [-0.25, -0.2) is 4.68 Å². The van der Waals surface area contributed by atoms with E-state index in [1.807, 2.05) is 0 Å². The lowest BCUT2D eigenvalue weighted by Gasteiger charge is -2.08. The molecule has 2 N–H and O–H groups in total. The molecule has 172 valence electrons. The van der Waals surface area contributed by atoms with Crippen molar-refractivity contribution < 1.29 is 35.9 Å². The normalized spacial score (nSPS) is 12.3. The number of nitrogens with zero attached hydrogens (tertiary/aromatic N) is 2. The maximum Gasteiger partial charge on any atom is 0.523 e. The van der Waals surface area contributed by atoms with Gasteiger partial charge in [0, 0.05) is 28.9 Å². The van der Waals surface area contributed by atoms with Gasteiger partial charge in [0.05, 0.1) is 23.1 Å². The second-order valence-corrected chi connectivity index (χ2v) is 6.96. The second kappa shape index (κ2) is 8.28. The van der Waals surface area contributed by atoms with Crippen molar-refractivity contribution in [2.45, 2.75) is 12.5 Å². The summed E-state index contributed by atoms with van der Waals surface area (Å²) in [7, 11) is 0. The molecule has 0 saturated heterocycles. The van der Waals surface area contributed by atoms with Crippen LogP contribution in [0.4, 0.5) is 32.0 Å². The Bertz CT molecular complexity index is 1290. The largest absolute Gasteiger partial charge is 0.523 e. The van der Waals surface area contributed by atoms with Gasteiger partial charge in [-0.05, 0) is 42.0 Å². The van der Waals surface area contributed by atoms with Crippen molar-refractivity contribution in [1.82, 2.24) is 14.8 Å². The lowest BCUT2D eigenvalue weighted by Crippen LogP contribution is -2.24. The summed E-state index contributed by atoms with van der Waals surface area (Å²) in [6.07, 6.45) is -4.79. The molecule has 0 aliphatic carbocycles. The summed E-state index contributed by atoms with van der Waals surface area (Å²) in [6, 6.07) is 9.67. The Morgan fingerprint density at radius 3 is 2.42 bits per heavy atom. The molecule has 12 heteroatoms. The second-order valence-electron chi connectivity index (χ2n) is 6.96. The van der Waals surface area contributed by atoms with Gasteiger partial charge in [-0.3, -0.25) is 9.53 Å². The summed E-state index contributed by atoms with van der Waals surface area (Å²) in [5, 5.41) is 7.07. The fourth-order valence-corrected chi connectivity index (χ4v) is 3.15. The van der Waals surface area contributed by atoms with Crippen LogP contribution in [0.2, 0.25) is 0 Å². The first kappa shape index (κ1) is 22.4. The molecule has 2 aromatic carbocycles. The zero-order valence-corrected chi connectivity index (χ0v) is 16.5. The molecule has 0 atom stereocenters. The quantitative estimate of drug-likeness (QED) is 0.379. The fraction of sp³-hybridized carbons (Fsp3) is 0.143. The molecule has 0 aliphatic rings. The lowest BCUT2D eigenvalue weighted by atomic mass is 10.1. The predicted molar refractivity (Wildman–Crippen MR) is 106 cm³/mol. The number of halogens is 6. The van der Waals surface area contributed by atoms with Crippen LogP contribution in [-0.4, -0.2) is 33.6 Å². The standard InChI is InChI=1S/C21H14F6N4O2/c22-20(23,24)14-2-4-15(5-3-14)31-10-13(8-29-31)12-1-6-17-16(7-12)18(9-28-17)30-19(32)11-33-21(25,26)27/h1-10,28H,11H2,(H,30,32). The maximum atomic E-state index is 12.7. The van der Waals surface area contributed by atoms with Crippen molar-refractivity contribution >= 4 is 22.5 Å². The van der Waals surface area contributed by atoms with Crippen molar-refractivity contribution in [2.75, 3.05) is 11.9 Å². The number of benzene rings is 2. The molecule has 33 heavy (non-hydrogen) atoms. The van der Waals surface area contributed by atoms with Crippen LogP contribution in [0.5, 0.6) is 0 Å². The topological polar surface area (TPSA) is 71.9 Å². The minimum atomic E-state index is -4.92. The van der Waals surface area contributed by atoms with Gasteiger partial charge in [0.15, 0.2) is 0 Å². The van der Waals surface area contributed by atoms with E-state index >= 15 is 0 Å². The van der Waals surface area contributed by atoms with Gasteiger partial charge in [0.25, 0.3) is 5.91 Å². The third-order valence-corrected chi connectivity index (χ3v) is 4.70. The van der Waals surface area contributed by atoms with Crippen molar-refractivity contribution in [1.29, 1.82) is 0 Å². The SMILES string of the molecule is O=C(COC(F)(F)F)Nc1c[nH]c2ccc(-c3cnn(-c4ccc(C(F)(F)F)cc4)c3)cc12. The number of rotatable bonds is 5. The molecule has 0 aliphatic heterocycles. The van der Waals surface area contributed by atoms with E-state index in [0.29, 0.717) is 27.7 Å². The summed E-state index contributed by atoms with van der Waals surface area (Å²) in [4.78, 5) is 14.7. The number of carbonyl (C=O) groups is 1. The molecular weight excluding hydrogens is 454 g/mol. The summed E-state index contributed by atoms with van der Waals surface area (Å²) >= 11 is 0. The highest BCUT2D eigenvalue weighted by atomic mass is 19.4. The molecular formula is C21H14F6N4O2. The first-order chi connectivity index (χ1) is 15.5. The molecule has 4 rings (SSSR count). The lowest BCUT2D eigenvalue weighted by molar-refractivity contribution is -0.320. The van der Waals surface area contributed by atoms with Crippen LogP contribution in [0.15, 0.2) is 61.1 Å². The highest BCUT2D eigenvalue weighted by molar-refractivity contribution is 6.03. The van der Waals surface area contributed by atoms with Gasteiger partial charge in [0.2, 0.25) is 0 Å². The highest BCUT2D eigenvalue weighted by Gasteiger charge is 2.31. The monoisotopic (exact) mass is 468 g/mol. The van der Waals surface area contributed by atoms with Crippen LogP contribution in [-0.2, 0) is 15.7 Å². The predicted octanol–water partition coefficient (Wildman–Crippen LogP) is 5.51. The van der Waals surface area contributed by atoms with Gasteiger partial charge in [-0.1, -0.05) is 6.07 Å². The number of fused-ring (bicyclic) bond motifs is 1. The van der Waals surface area contributed by atoms with Crippen molar-refractivity contribution in [3.63, 3.8) is 0 Å². The molecule has 4 aromatic rings. The molecule has 6 nitrogen and oxygen atoms in total. The number of nitrogens with one attached hydrogen (secondary N) is 2. The number of aromatic amines is 1. The first-order valence-corrected chi connectivity index (χ1v) is 9.34. The smallest absolute Gasteiger partial charge is 0.359 e. The van der Waals surface area contributed by atoms with Crippen LogP contribution < -0.4 is 5.32 Å². The molecule has 0 bridgehead atoms. The van der Waals surface area contributed by atoms with E-state index in [-0.39, 0.29) is 5.69 Å². The van der Waals surface area contributed by atoms with Gasteiger partial charge < -0.3 is 10.3 Å². The Balaban J connectivity index is 1.55. The molecule has 2 heterocycles. The molecule has 1 amide bonds. The van der Waals surface area contributed by atoms with Crippen LogP contribution in [0, 0.1) is 0 Å². The number of H-pyrrole nitrogens is 1. The average Bonchev–Trinajstić information content (AvgIpc) is 3.39. The van der Waals surface area contributed by atoms with Crippen LogP contribution in [0.3, 0.4) is 0 Å². The molecule has 0 saturated carbocycles. The Morgan fingerprint density at radius 1 is 1.03 bits per heavy atom. The zero-order valence-electron chi connectivity index (χ0n) is 16.5. The van der Waals surface area contributed by atoms with E-state index in [1.165, 1.54) is 29.2 Å². The summed E-state index contributed by atoms with van der Waals surface area (Å²) in [5.74, 6) is -0.978. The summed E-state index contributed by atoms with van der Waals surface area (Å²) in [5.41, 5.74) is 1.85. The van der Waals surface area contributed by atoms with Crippen molar-refractivity contribution in [2.24, 2.45) is 0 Å². The Labute approximate surface area is 181 Å². The van der Waals surface area contributed by atoms with Crippen LogP contribution in [0.25, 0.3) is 27.7 Å². The van der Waals surface area contributed by atoms with Crippen LogP contribution in [0.1, 0.15) is 5.56 Å². The van der Waals surface area contributed by atoms with Gasteiger partial charge >= 0.3 is 12.5 Å². The number of amides is 1. The highest BCUT2D eigenvalue weighted by Crippen LogP contribution is 2.31. The van der Waals surface area contributed by atoms with Crippen molar-refractivity contribution in [3.8, 4) is 16.8 Å². The molecule has 0 spiro atoms. The summed E-state index contributed by atoms with van der Waals surface area (Å²) < 4.78 is 79.5. The minimum Gasteiger partial charge on any atom is -0.359 e. The number of aromatic nitrogens is 3. The molecule has 0 unspecified atom stereocenters. The Kier molecular flexibility index (Phi) is 5.62. The fourth-order valence-electron chi connectivity index (χ4n) is 3.15. The summed E-state index contributed by atoms with van der Waals surface area (Å²) in [6.45, 7) is -1.18. The Morgan fingerprint density at radius 2 is 1.76 bits per heavy atom. The van der Waals surface area contributed by atoms with Gasteiger partial charge in [-0.15, -0.1) is 13.2 Å². The van der Waals surface area contributed by atoms with E-state index in [1.54, 1.807) is 24.4 Å². The number of hydrogen-bond donors (Lipinski definition) is 2. The molecule has 2 aromatic heterocycles. The van der Waals surface area contributed by atoms with E-state index in [2.05, 4.69) is 20.1 Å². The number of alkyl halides is 6. The maximum absolute atomic E-state index is 12.7. The number of hydrogen-bond acceptors (Lipinski definition) is 3. The van der Waals surface area contributed by atoms with Crippen molar-refractivity contribution in [3.05, 3.63) is 66.6 Å². The Hall–Kier alpha value is -3.80. The van der Waals surface area contributed by atoms with E-state index in [0.717, 1.165) is 12.1 Å². The van der Waals surface area contributed by atoms with Crippen LogP contribution >= 0.6 is 0 Å². The number of anilines is 1. The third kappa shape index (κ3) is 5.17. The average molecular weight is 468 g/mol.